The molecule has 2 amide bonds. The van der Waals surface area contributed by atoms with Gasteiger partial charge in [-0.15, -0.1) is 0 Å². The van der Waals surface area contributed by atoms with Crippen molar-refractivity contribution in [2.24, 2.45) is 5.92 Å². The Morgan fingerprint density at radius 2 is 1.89 bits per heavy atom. The van der Waals surface area contributed by atoms with Crippen LogP contribution in [0.3, 0.4) is 0 Å². The van der Waals surface area contributed by atoms with Crippen molar-refractivity contribution in [3.8, 4) is 0 Å². The van der Waals surface area contributed by atoms with E-state index in [-0.39, 0.29) is 18.2 Å². The van der Waals surface area contributed by atoms with Crippen molar-refractivity contribution in [1.29, 1.82) is 0 Å². The highest BCUT2D eigenvalue weighted by Gasteiger charge is 2.35. The second-order valence-electron chi connectivity index (χ2n) is 6.14. The molecule has 1 fully saturated rings. The van der Waals surface area contributed by atoms with E-state index < -0.39 is 11.9 Å². The van der Waals surface area contributed by atoms with Crippen molar-refractivity contribution >= 4 is 45.1 Å². The van der Waals surface area contributed by atoms with E-state index in [1.807, 2.05) is 24.3 Å². The van der Waals surface area contributed by atoms with E-state index in [2.05, 4.69) is 21.2 Å². The average molecular weight is 431 g/mol. The van der Waals surface area contributed by atoms with Gasteiger partial charge >= 0.3 is 5.97 Å². The van der Waals surface area contributed by atoms with E-state index in [0.717, 1.165) is 10.2 Å². The second-order valence-corrected chi connectivity index (χ2v) is 7.00. The number of nitrogens with one attached hydrogen (secondary N) is 1. The molecule has 2 aromatic carbocycles. The molecule has 0 radical (unpaired) electrons. The van der Waals surface area contributed by atoms with Gasteiger partial charge in [0.15, 0.2) is 0 Å². The standard InChI is InChI=1S/C20H19BrN2O4/c1-2-27-20(26)13-7-9-15(10-8-13)22-19(25)14-11-18(24)23(12-14)17-6-4-3-5-16(17)21/h3-10,14H,2,11-12H2,1H3,(H,22,25). The minimum absolute atomic E-state index is 0.0836. The minimum Gasteiger partial charge on any atom is -0.462 e. The Morgan fingerprint density at radius 3 is 2.56 bits per heavy atom. The molecule has 1 atom stereocenters. The van der Waals surface area contributed by atoms with Gasteiger partial charge in [0.2, 0.25) is 11.8 Å². The van der Waals surface area contributed by atoms with Gasteiger partial charge in [0.05, 0.1) is 23.8 Å². The van der Waals surface area contributed by atoms with Gasteiger partial charge in [-0.1, -0.05) is 12.1 Å². The molecular formula is C20H19BrN2O4. The summed E-state index contributed by atoms with van der Waals surface area (Å²) < 4.78 is 5.75. The summed E-state index contributed by atoms with van der Waals surface area (Å²) in [4.78, 5) is 38.2. The summed E-state index contributed by atoms with van der Waals surface area (Å²) in [5, 5.41) is 2.81. The Labute approximate surface area is 165 Å². The number of benzene rings is 2. The van der Waals surface area contributed by atoms with Crippen LogP contribution in [0.5, 0.6) is 0 Å². The SMILES string of the molecule is CCOC(=O)c1ccc(NC(=O)C2CC(=O)N(c3ccccc3Br)C2)cc1. The molecule has 6 nitrogen and oxygen atoms in total. The van der Waals surface area contributed by atoms with Crippen LogP contribution in [0.1, 0.15) is 23.7 Å². The van der Waals surface area contributed by atoms with Gasteiger partial charge in [0, 0.05) is 23.1 Å². The van der Waals surface area contributed by atoms with Crippen LogP contribution in [0, 0.1) is 5.92 Å². The molecule has 7 heteroatoms. The lowest BCUT2D eigenvalue weighted by atomic mass is 10.1. The first kappa shape index (κ1) is 19.1. The quantitative estimate of drug-likeness (QED) is 0.734. The fourth-order valence-electron chi connectivity index (χ4n) is 2.94. The predicted molar refractivity (Wildman–Crippen MR) is 106 cm³/mol. The zero-order valence-corrected chi connectivity index (χ0v) is 16.4. The fourth-order valence-corrected chi connectivity index (χ4v) is 3.43. The molecule has 0 aromatic heterocycles. The molecule has 0 spiro atoms. The highest BCUT2D eigenvalue weighted by molar-refractivity contribution is 9.10. The average Bonchev–Trinajstić information content (AvgIpc) is 3.04. The van der Waals surface area contributed by atoms with Crippen molar-refractivity contribution < 1.29 is 19.1 Å². The van der Waals surface area contributed by atoms with Gasteiger partial charge < -0.3 is 15.0 Å². The van der Waals surface area contributed by atoms with Crippen LogP contribution in [-0.4, -0.2) is 30.9 Å². The second kappa shape index (κ2) is 8.35. The smallest absolute Gasteiger partial charge is 0.338 e. The highest BCUT2D eigenvalue weighted by atomic mass is 79.9. The Kier molecular flexibility index (Phi) is 5.91. The lowest BCUT2D eigenvalue weighted by Crippen LogP contribution is -2.28. The Balaban J connectivity index is 1.64. The molecule has 1 heterocycles. The molecule has 1 saturated heterocycles. The van der Waals surface area contributed by atoms with E-state index in [0.29, 0.717) is 24.4 Å². The van der Waals surface area contributed by atoms with Gasteiger partial charge in [-0.3, -0.25) is 9.59 Å². The first-order valence-corrected chi connectivity index (χ1v) is 9.42. The number of anilines is 2. The predicted octanol–water partition coefficient (Wildman–Crippen LogP) is 3.62. The number of carbonyl (C=O) groups excluding carboxylic acids is 3. The van der Waals surface area contributed by atoms with Gasteiger partial charge in [0.1, 0.15) is 0 Å². The van der Waals surface area contributed by atoms with E-state index in [1.165, 1.54) is 0 Å². The number of hydrogen-bond donors (Lipinski definition) is 1. The van der Waals surface area contributed by atoms with E-state index in [9.17, 15) is 14.4 Å². The Bertz CT molecular complexity index is 867. The van der Waals surface area contributed by atoms with E-state index in [4.69, 9.17) is 4.74 Å². The first-order valence-electron chi connectivity index (χ1n) is 8.62. The topological polar surface area (TPSA) is 75.7 Å². The van der Waals surface area contributed by atoms with Crippen LogP contribution in [0.15, 0.2) is 53.0 Å². The zero-order chi connectivity index (χ0) is 19.4. The molecule has 1 aliphatic rings. The number of para-hydroxylation sites is 1. The summed E-state index contributed by atoms with van der Waals surface area (Å²) in [5.74, 6) is -1.14. The molecule has 27 heavy (non-hydrogen) atoms. The molecule has 0 saturated carbocycles. The van der Waals surface area contributed by atoms with Gasteiger partial charge in [-0.25, -0.2) is 4.79 Å². The number of rotatable bonds is 5. The number of carbonyl (C=O) groups is 3. The van der Waals surface area contributed by atoms with E-state index in [1.54, 1.807) is 36.1 Å². The van der Waals surface area contributed by atoms with Gasteiger partial charge in [-0.2, -0.15) is 0 Å². The number of nitrogens with zero attached hydrogens (tertiary/aromatic N) is 1. The number of esters is 1. The molecule has 0 aliphatic carbocycles. The molecule has 1 unspecified atom stereocenters. The normalized spacial score (nSPS) is 16.3. The Hall–Kier alpha value is -2.67. The molecule has 0 bridgehead atoms. The summed E-state index contributed by atoms with van der Waals surface area (Å²) in [5.41, 5.74) is 1.75. The van der Waals surface area contributed by atoms with Crippen LogP contribution in [-0.2, 0) is 14.3 Å². The monoisotopic (exact) mass is 430 g/mol. The van der Waals surface area contributed by atoms with Crippen LogP contribution < -0.4 is 10.2 Å². The number of ether oxygens (including phenoxy) is 1. The van der Waals surface area contributed by atoms with Gasteiger partial charge in [0.25, 0.3) is 0 Å². The van der Waals surface area contributed by atoms with E-state index >= 15 is 0 Å². The third-order valence-electron chi connectivity index (χ3n) is 4.30. The molecule has 3 rings (SSSR count). The summed E-state index contributed by atoms with van der Waals surface area (Å²) in [6.07, 6.45) is 0.161. The lowest BCUT2D eigenvalue weighted by molar-refractivity contribution is -0.122. The summed E-state index contributed by atoms with van der Waals surface area (Å²) in [7, 11) is 0. The largest absolute Gasteiger partial charge is 0.462 e. The summed E-state index contributed by atoms with van der Waals surface area (Å²) >= 11 is 3.44. The number of amides is 2. The number of halogens is 1. The van der Waals surface area contributed by atoms with Crippen LogP contribution in [0.2, 0.25) is 0 Å². The highest BCUT2D eigenvalue weighted by Crippen LogP contribution is 2.31. The molecular weight excluding hydrogens is 412 g/mol. The zero-order valence-electron chi connectivity index (χ0n) is 14.8. The molecule has 2 aromatic rings. The molecule has 1 aliphatic heterocycles. The lowest BCUT2D eigenvalue weighted by Gasteiger charge is -2.18. The number of hydrogen-bond acceptors (Lipinski definition) is 4. The van der Waals surface area contributed by atoms with Crippen molar-refractivity contribution in [1.82, 2.24) is 0 Å². The van der Waals surface area contributed by atoms with Crippen molar-refractivity contribution in [3.05, 3.63) is 58.6 Å². The maximum atomic E-state index is 12.6. The van der Waals surface area contributed by atoms with Crippen molar-refractivity contribution in [3.63, 3.8) is 0 Å². The third kappa shape index (κ3) is 4.36. The van der Waals surface area contributed by atoms with Crippen LogP contribution in [0.25, 0.3) is 0 Å². The summed E-state index contributed by atoms with van der Waals surface area (Å²) in [6.45, 7) is 2.38. The maximum absolute atomic E-state index is 12.6. The third-order valence-corrected chi connectivity index (χ3v) is 4.97. The van der Waals surface area contributed by atoms with Crippen LogP contribution in [0.4, 0.5) is 11.4 Å². The molecule has 1 N–H and O–H groups in total. The molecule has 140 valence electrons. The summed E-state index contributed by atoms with van der Waals surface area (Å²) in [6, 6.07) is 13.9. The van der Waals surface area contributed by atoms with Crippen LogP contribution >= 0.6 is 15.9 Å². The first-order chi connectivity index (χ1) is 13.0. The van der Waals surface area contributed by atoms with Crippen molar-refractivity contribution in [2.75, 3.05) is 23.4 Å². The fraction of sp³-hybridized carbons (Fsp3) is 0.250. The van der Waals surface area contributed by atoms with Gasteiger partial charge in [-0.05, 0) is 59.3 Å². The maximum Gasteiger partial charge on any atom is 0.338 e. The van der Waals surface area contributed by atoms with Crippen molar-refractivity contribution in [2.45, 2.75) is 13.3 Å². The minimum atomic E-state index is -0.436. The Morgan fingerprint density at radius 1 is 1.19 bits per heavy atom.